The van der Waals surface area contributed by atoms with Crippen LogP contribution >= 0.6 is 11.3 Å². The summed E-state index contributed by atoms with van der Waals surface area (Å²) < 4.78 is 5.01. The van der Waals surface area contributed by atoms with E-state index in [-0.39, 0.29) is 41.0 Å². The lowest BCUT2D eigenvalue weighted by Gasteiger charge is -2.22. The lowest BCUT2D eigenvalue weighted by molar-refractivity contribution is -0.132. The molecule has 1 rings (SSSR count). The van der Waals surface area contributed by atoms with Crippen molar-refractivity contribution in [3.63, 3.8) is 0 Å². The fourth-order valence-electron chi connectivity index (χ4n) is 2.66. The summed E-state index contributed by atoms with van der Waals surface area (Å²) in [5.74, 6) is -1.81. The van der Waals surface area contributed by atoms with Crippen LogP contribution in [0.25, 0.3) is 0 Å². The second-order valence-corrected chi connectivity index (χ2v) is 7.15. The SMILES string of the molecule is CCOC(=O)c1c(NC(=O)CN(C)CC(=O)N(CC)CC)sc(C(N)=O)c1C. The van der Waals surface area contributed by atoms with Gasteiger partial charge in [0.05, 0.1) is 30.1 Å². The lowest BCUT2D eigenvalue weighted by atomic mass is 10.1. The van der Waals surface area contributed by atoms with E-state index in [1.165, 1.54) is 0 Å². The fraction of sp³-hybridized carbons (Fsp3) is 0.556. The van der Waals surface area contributed by atoms with Crippen LogP contribution in [0.1, 0.15) is 46.4 Å². The molecular weight excluding hydrogens is 384 g/mol. The Hall–Kier alpha value is -2.46. The molecule has 0 saturated heterocycles. The summed E-state index contributed by atoms with van der Waals surface area (Å²) >= 11 is 0.929. The van der Waals surface area contributed by atoms with E-state index >= 15 is 0 Å². The Balaban J connectivity index is 2.90. The number of carbonyl (C=O) groups excluding carboxylic acids is 4. The highest BCUT2D eigenvalue weighted by Gasteiger charge is 2.26. The lowest BCUT2D eigenvalue weighted by Crippen LogP contribution is -2.41. The summed E-state index contributed by atoms with van der Waals surface area (Å²) in [6.45, 7) is 8.41. The van der Waals surface area contributed by atoms with Crippen molar-refractivity contribution in [3.05, 3.63) is 16.0 Å². The molecule has 3 amide bonds. The van der Waals surface area contributed by atoms with Crippen molar-refractivity contribution in [2.75, 3.05) is 45.2 Å². The topological polar surface area (TPSA) is 122 Å². The van der Waals surface area contributed by atoms with Gasteiger partial charge in [-0.15, -0.1) is 11.3 Å². The van der Waals surface area contributed by atoms with Gasteiger partial charge >= 0.3 is 5.97 Å². The van der Waals surface area contributed by atoms with E-state index in [4.69, 9.17) is 10.5 Å². The van der Waals surface area contributed by atoms with Crippen LogP contribution in [-0.2, 0) is 14.3 Å². The summed E-state index contributed by atoms with van der Waals surface area (Å²) in [6, 6.07) is 0. The van der Waals surface area contributed by atoms with Crippen molar-refractivity contribution in [2.24, 2.45) is 5.73 Å². The average molecular weight is 413 g/mol. The largest absolute Gasteiger partial charge is 0.462 e. The predicted octanol–water partition coefficient (Wildman–Crippen LogP) is 1.07. The molecule has 0 radical (unpaired) electrons. The number of carbonyl (C=O) groups is 4. The Morgan fingerprint density at radius 3 is 2.21 bits per heavy atom. The number of hydrogen-bond acceptors (Lipinski definition) is 7. The first-order chi connectivity index (χ1) is 13.2. The summed E-state index contributed by atoms with van der Waals surface area (Å²) in [7, 11) is 1.65. The normalized spacial score (nSPS) is 10.6. The van der Waals surface area contributed by atoms with Crippen LogP contribution in [0.4, 0.5) is 5.00 Å². The van der Waals surface area contributed by atoms with E-state index < -0.39 is 17.8 Å². The monoisotopic (exact) mass is 412 g/mol. The Kier molecular flexibility index (Phi) is 9.07. The molecule has 1 aromatic rings. The molecule has 9 nitrogen and oxygen atoms in total. The molecule has 0 aromatic carbocycles. The molecule has 28 heavy (non-hydrogen) atoms. The van der Waals surface area contributed by atoms with E-state index in [2.05, 4.69) is 5.32 Å². The highest BCUT2D eigenvalue weighted by Crippen LogP contribution is 2.33. The quantitative estimate of drug-likeness (QED) is 0.554. The number of hydrogen-bond donors (Lipinski definition) is 2. The second kappa shape index (κ2) is 10.8. The van der Waals surface area contributed by atoms with Gasteiger partial charge in [0.1, 0.15) is 5.00 Å². The number of rotatable bonds is 10. The van der Waals surface area contributed by atoms with Crippen LogP contribution in [0.5, 0.6) is 0 Å². The minimum Gasteiger partial charge on any atom is -0.462 e. The van der Waals surface area contributed by atoms with Crippen LogP contribution in [0.3, 0.4) is 0 Å². The van der Waals surface area contributed by atoms with Crippen molar-refractivity contribution in [3.8, 4) is 0 Å². The average Bonchev–Trinajstić information content (AvgIpc) is 2.92. The molecule has 1 heterocycles. The smallest absolute Gasteiger partial charge is 0.341 e. The van der Waals surface area contributed by atoms with Crippen molar-refractivity contribution in [1.82, 2.24) is 9.80 Å². The maximum atomic E-state index is 12.4. The molecule has 0 aliphatic carbocycles. The third-order valence-electron chi connectivity index (χ3n) is 4.04. The summed E-state index contributed by atoms with van der Waals surface area (Å²) in [4.78, 5) is 51.8. The first-order valence-corrected chi connectivity index (χ1v) is 9.84. The van der Waals surface area contributed by atoms with Gasteiger partial charge < -0.3 is 20.7 Å². The molecule has 0 fully saturated rings. The summed E-state index contributed by atoms with van der Waals surface area (Å²) in [5.41, 5.74) is 5.84. The number of esters is 1. The Bertz CT molecular complexity index is 743. The van der Waals surface area contributed by atoms with Gasteiger partial charge in [0.2, 0.25) is 11.8 Å². The van der Waals surface area contributed by atoms with Gasteiger partial charge in [0.15, 0.2) is 0 Å². The van der Waals surface area contributed by atoms with Gasteiger partial charge in [-0.3, -0.25) is 19.3 Å². The van der Waals surface area contributed by atoms with Crippen molar-refractivity contribution >= 4 is 40.0 Å². The molecular formula is C18H28N4O5S. The van der Waals surface area contributed by atoms with E-state index in [1.807, 2.05) is 13.8 Å². The Labute approximate surface area is 168 Å². The highest BCUT2D eigenvalue weighted by molar-refractivity contribution is 7.18. The number of likely N-dealkylation sites (N-methyl/N-ethyl adjacent to an activating group) is 2. The predicted molar refractivity (Wildman–Crippen MR) is 108 cm³/mol. The fourth-order valence-corrected chi connectivity index (χ4v) is 3.72. The van der Waals surface area contributed by atoms with Gasteiger partial charge in [-0.1, -0.05) is 0 Å². The maximum absolute atomic E-state index is 12.4. The molecule has 0 bridgehead atoms. The molecule has 0 aliphatic heterocycles. The Morgan fingerprint density at radius 2 is 1.71 bits per heavy atom. The maximum Gasteiger partial charge on any atom is 0.341 e. The molecule has 156 valence electrons. The number of amides is 3. The standard InChI is InChI=1S/C18H28N4O5S/c1-6-22(7-2)13(24)10-21(5)9-12(23)20-17-14(18(26)27-8-3)11(4)15(28-17)16(19)25/h6-10H2,1-5H3,(H2,19,25)(H,20,23). The number of anilines is 1. The van der Waals surface area contributed by atoms with Gasteiger partial charge in [0.25, 0.3) is 5.91 Å². The second-order valence-electron chi connectivity index (χ2n) is 6.13. The van der Waals surface area contributed by atoms with Crippen molar-refractivity contribution in [1.29, 1.82) is 0 Å². The van der Waals surface area contributed by atoms with E-state index in [9.17, 15) is 19.2 Å². The summed E-state index contributed by atoms with van der Waals surface area (Å²) in [6.07, 6.45) is 0. The van der Waals surface area contributed by atoms with Crippen LogP contribution in [0.2, 0.25) is 0 Å². The van der Waals surface area contributed by atoms with E-state index in [1.54, 1.807) is 30.7 Å². The zero-order chi connectivity index (χ0) is 21.4. The first kappa shape index (κ1) is 23.6. The highest BCUT2D eigenvalue weighted by atomic mass is 32.1. The van der Waals surface area contributed by atoms with Crippen LogP contribution in [0.15, 0.2) is 0 Å². The zero-order valence-corrected chi connectivity index (χ0v) is 17.8. The first-order valence-electron chi connectivity index (χ1n) is 9.02. The molecule has 0 unspecified atom stereocenters. The molecule has 0 atom stereocenters. The minimum absolute atomic E-state index is 0.0574. The number of ether oxygens (including phenoxy) is 1. The molecule has 10 heteroatoms. The van der Waals surface area contributed by atoms with Crippen molar-refractivity contribution < 1.29 is 23.9 Å². The van der Waals surface area contributed by atoms with Gasteiger partial charge in [-0.2, -0.15) is 0 Å². The number of primary amides is 1. The number of nitrogens with one attached hydrogen (secondary N) is 1. The zero-order valence-electron chi connectivity index (χ0n) is 17.0. The third kappa shape index (κ3) is 6.03. The van der Waals surface area contributed by atoms with Crippen LogP contribution < -0.4 is 11.1 Å². The third-order valence-corrected chi connectivity index (χ3v) is 5.26. The molecule has 1 aromatic heterocycles. The van der Waals surface area contributed by atoms with Crippen LogP contribution in [-0.4, -0.2) is 73.3 Å². The van der Waals surface area contributed by atoms with E-state index in [0.29, 0.717) is 18.7 Å². The van der Waals surface area contributed by atoms with Gasteiger partial charge in [0, 0.05) is 13.1 Å². The number of thiophene rings is 1. The number of nitrogens with two attached hydrogens (primary N) is 1. The van der Waals surface area contributed by atoms with E-state index in [0.717, 1.165) is 11.3 Å². The number of nitrogens with zero attached hydrogens (tertiary/aromatic N) is 2. The van der Waals surface area contributed by atoms with Crippen molar-refractivity contribution in [2.45, 2.75) is 27.7 Å². The van der Waals surface area contributed by atoms with Gasteiger partial charge in [-0.25, -0.2) is 4.79 Å². The minimum atomic E-state index is -0.685. The molecule has 3 N–H and O–H groups in total. The van der Waals surface area contributed by atoms with Crippen LogP contribution in [0, 0.1) is 6.92 Å². The molecule has 0 saturated carbocycles. The molecule has 0 spiro atoms. The molecule has 0 aliphatic rings. The summed E-state index contributed by atoms with van der Waals surface area (Å²) in [5, 5.41) is 2.84. The Morgan fingerprint density at radius 1 is 1.11 bits per heavy atom. The van der Waals surface area contributed by atoms with Gasteiger partial charge in [-0.05, 0) is 40.3 Å².